The number of alkyl halides is 1. The number of halogens is 3. The van der Waals surface area contributed by atoms with Crippen LogP contribution < -0.4 is 9.64 Å². The minimum absolute atomic E-state index is 0.00533. The van der Waals surface area contributed by atoms with Crippen LogP contribution in [-0.4, -0.2) is 88.2 Å². The van der Waals surface area contributed by atoms with Crippen LogP contribution in [0.3, 0.4) is 0 Å². The number of rotatable bonds is 7. The van der Waals surface area contributed by atoms with Crippen molar-refractivity contribution in [2.45, 2.75) is 56.8 Å². The van der Waals surface area contributed by atoms with Crippen LogP contribution in [0.25, 0.3) is 32.9 Å². The topological polar surface area (TPSA) is 98.5 Å². The van der Waals surface area contributed by atoms with Gasteiger partial charge in [0, 0.05) is 50.2 Å². The maximum Gasteiger partial charge on any atom is 0.319 e. The molecule has 4 aromatic rings. The number of benzene rings is 2. The van der Waals surface area contributed by atoms with E-state index in [1.54, 1.807) is 31.3 Å². The summed E-state index contributed by atoms with van der Waals surface area (Å²) in [4.78, 5) is 32.3. The molecule has 0 bridgehead atoms. The summed E-state index contributed by atoms with van der Waals surface area (Å²) in [5.41, 5.74) is -1.26. The zero-order chi connectivity index (χ0) is 36.1. The molecular formula is C39H38F3N7O2. The normalized spacial score (nSPS) is 24.9. The number of fused-ring (bicyclic) bond motifs is 3. The van der Waals surface area contributed by atoms with Crippen LogP contribution in [0.15, 0.2) is 49.2 Å². The lowest BCUT2D eigenvalue weighted by Gasteiger charge is -2.38. The van der Waals surface area contributed by atoms with Crippen molar-refractivity contribution in [3.8, 4) is 35.7 Å². The van der Waals surface area contributed by atoms with Crippen LogP contribution in [0.5, 0.6) is 6.01 Å². The molecular weight excluding hydrogens is 655 g/mol. The Balaban J connectivity index is 1.38. The van der Waals surface area contributed by atoms with Gasteiger partial charge < -0.3 is 14.5 Å². The van der Waals surface area contributed by atoms with Crippen molar-refractivity contribution in [3.05, 3.63) is 66.4 Å². The maximum atomic E-state index is 17.0. The Kier molecular flexibility index (Phi) is 8.84. The van der Waals surface area contributed by atoms with E-state index in [2.05, 4.69) is 33.4 Å². The van der Waals surface area contributed by atoms with Crippen LogP contribution in [-0.2, 0) is 4.79 Å². The summed E-state index contributed by atoms with van der Waals surface area (Å²) < 4.78 is 52.8. The Bertz CT molecular complexity index is 2150. The summed E-state index contributed by atoms with van der Waals surface area (Å²) in [5, 5.41) is 11.5. The number of hydrogen-bond acceptors (Lipinski definition) is 8. The van der Waals surface area contributed by atoms with Crippen LogP contribution in [0.4, 0.5) is 19.0 Å². The van der Waals surface area contributed by atoms with Crippen molar-refractivity contribution in [3.63, 3.8) is 0 Å². The van der Waals surface area contributed by atoms with Gasteiger partial charge in [0.1, 0.15) is 35.6 Å². The molecule has 4 atom stereocenters. The molecule has 1 amide bonds. The average molecular weight is 694 g/mol. The van der Waals surface area contributed by atoms with Crippen LogP contribution in [0.1, 0.15) is 44.6 Å². The molecule has 5 heterocycles. The number of likely N-dealkylation sites (N-methyl/N-ethyl adjacent to an activating group) is 1. The van der Waals surface area contributed by atoms with Gasteiger partial charge in [-0.05, 0) is 56.7 Å². The molecule has 3 saturated heterocycles. The first-order valence-electron chi connectivity index (χ1n) is 17.1. The molecule has 262 valence electrons. The number of anilines is 1. The van der Waals surface area contributed by atoms with Gasteiger partial charge >= 0.3 is 6.01 Å². The van der Waals surface area contributed by atoms with Gasteiger partial charge in [0.15, 0.2) is 5.82 Å². The zero-order valence-corrected chi connectivity index (χ0v) is 28.6. The van der Waals surface area contributed by atoms with Gasteiger partial charge in [-0.3, -0.25) is 14.7 Å². The first-order chi connectivity index (χ1) is 24.5. The van der Waals surface area contributed by atoms with Crippen molar-refractivity contribution in [2.75, 3.05) is 44.7 Å². The molecule has 0 radical (unpaired) electrons. The number of hydrogen-bond donors (Lipinski definition) is 0. The second kappa shape index (κ2) is 13.2. The molecule has 3 aliphatic rings. The van der Waals surface area contributed by atoms with Gasteiger partial charge in [-0.15, -0.1) is 6.42 Å². The molecule has 2 aromatic heterocycles. The number of carbonyl (C=O) groups excluding carboxylic acids is 1. The fourth-order valence-electron chi connectivity index (χ4n) is 8.33. The highest BCUT2D eigenvalue weighted by Gasteiger charge is 2.49. The van der Waals surface area contributed by atoms with Crippen LogP contribution in [0, 0.1) is 40.7 Å². The van der Waals surface area contributed by atoms with E-state index in [4.69, 9.17) is 16.1 Å². The van der Waals surface area contributed by atoms with Crippen molar-refractivity contribution in [2.24, 2.45) is 5.41 Å². The van der Waals surface area contributed by atoms with Crippen LogP contribution >= 0.6 is 0 Å². The predicted octanol–water partition coefficient (Wildman–Crippen LogP) is 6.20. The largest absolute Gasteiger partial charge is 0.461 e. The Hall–Kier alpha value is -5.20. The summed E-state index contributed by atoms with van der Waals surface area (Å²) in [6, 6.07) is 9.74. The van der Waals surface area contributed by atoms with Crippen LogP contribution in [0.2, 0.25) is 0 Å². The molecule has 51 heavy (non-hydrogen) atoms. The van der Waals surface area contributed by atoms with E-state index in [-0.39, 0.29) is 47.2 Å². The second-order valence-electron chi connectivity index (χ2n) is 14.1. The molecule has 12 heteroatoms. The highest BCUT2D eigenvalue weighted by molar-refractivity contribution is 6.02. The van der Waals surface area contributed by atoms with E-state index in [0.717, 1.165) is 19.4 Å². The molecule has 2 aromatic carbocycles. The first kappa shape index (κ1) is 34.3. The Morgan fingerprint density at radius 1 is 1.20 bits per heavy atom. The third-order valence-electron chi connectivity index (χ3n) is 11.1. The molecule has 0 N–H and O–H groups in total. The molecule has 2 unspecified atom stereocenters. The van der Waals surface area contributed by atoms with E-state index in [1.165, 1.54) is 23.2 Å². The minimum Gasteiger partial charge on any atom is -0.461 e. The number of aromatic nitrogens is 3. The highest BCUT2D eigenvalue weighted by Crippen LogP contribution is 2.42. The third kappa shape index (κ3) is 5.81. The lowest BCUT2D eigenvalue weighted by molar-refractivity contribution is -0.128. The Labute approximate surface area is 294 Å². The number of terminal acetylenes is 1. The lowest BCUT2D eigenvalue weighted by Crippen LogP contribution is -2.51. The molecule has 9 nitrogen and oxygen atoms in total. The van der Waals surface area contributed by atoms with Gasteiger partial charge in [-0.2, -0.15) is 15.2 Å². The zero-order valence-electron chi connectivity index (χ0n) is 28.6. The van der Waals surface area contributed by atoms with Gasteiger partial charge in [-0.1, -0.05) is 36.8 Å². The monoisotopic (exact) mass is 693 g/mol. The summed E-state index contributed by atoms with van der Waals surface area (Å²) in [6.45, 7) is 7.33. The number of amides is 1. The first-order valence-corrected chi connectivity index (χ1v) is 17.1. The SMILES string of the molecule is C#Cc1c(F)ccc2cccc(-c3ncc4c(N5CCCC(C)(C#N)C(N(C)C(=O)C=C)C5)nc(OC[C@@]56CCCN5C[C@H](F)C6)nc4c3F)c12. The van der Waals surface area contributed by atoms with E-state index < -0.39 is 34.8 Å². The number of nitriles is 1. The molecule has 0 spiro atoms. The summed E-state index contributed by atoms with van der Waals surface area (Å²) in [7, 11) is 1.64. The summed E-state index contributed by atoms with van der Waals surface area (Å²) in [6.07, 6.45) is 10.5. The average Bonchev–Trinajstić information content (AvgIpc) is 3.60. The fraction of sp³-hybridized carbons (Fsp3) is 0.410. The van der Waals surface area contributed by atoms with E-state index in [1.807, 2.05) is 11.8 Å². The van der Waals surface area contributed by atoms with E-state index in [0.29, 0.717) is 54.5 Å². The number of nitrogens with zero attached hydrogens (tertiary/aromatic N) is 7. The lowest BCUT2D eigenvalue weighted by atomic mass is 9.79. The fourth-order valence-corrected chi connectivity index (χ4v) is 8.33. The Morgan fingerprint density at radius 3 is 2.76 bits per heavy atom. The quantitative estimate of drug-likeness (QED) is 0.167. The van der Waals surface area contributed by atoms with Gasteiger partial charge in [-0.25, -0.2) is 13.2 Å². The maximum absolute atomic E-state index is 17.0. The van der Waals surface area contributed by atoms with Crippen molar-refractivity contribution in [1.82, 2.24) is 24.8 Å². The van der Waals surface area contributed by atoms with Crippen molar-refractivity contribution < 1.29 is 22.7 Å². The molecule has 3 fully saturated rings. The second-order valence-corrected chi connectivity index (χ2v) is 14.1. The third-order valence-corrected chi connectivity index (χ3v) is 11.1. The number of carbonyl (C=O) groups is 1. The van der Waals surface area contributed by atoms with Gasteiger partial charge in [0.25, 0.3) is 0 Å². The minimum atomic E-state index is -0.967. The Morgan fingerprint density at radius 2 is 2.00 bits per heavy atom. The van der Waals surface area contributed by atoms with E-state index in [9.17, 15) is 18.8 Å². The van der Waals surface area contributed by atoms with Crippen molar-refractivity contribution >= 4 is 33.4 Å². The summed E-state index contributed by atoms with van der Waals surface area (Å²) in [5.74, 6) is 1.01. The van der Waals surface area contributed by atoms with E-state index >= 15 is 4.39 Å². The standard InChI is InChI=1S/C39H38F3N7O2/c1-5-26-29(41)13-12-24-10-7-11-27(32(24)26)34-33(42)35-28(19-44-34)36(46-37(45-35)51-23-39-15-9-17-49(39)20-25(40)18-39)48-16-8-14-38(3,22-43)30(21-48)47(4)31(50)6-2/h1,6-7,10-13,19,25,30H,2,8-9,14-18,20-21,23H2,3-4H3/t25-,30?,38?,39+/m1/s1. The molecule has 7 rings (SSSR count). The van der Waals surface area contributed by atoms with Crippen molar-refractivity contribution in [1.29, 1.82) is 5.26 Å². The number of pyridine rings is 1. The van der Waals surface area contributed by atoms with Gasteiger partial charge in [0.2, 0.25) is 5.91 Å². The molecule has 0 saturated carbocycles. The highest BCUT2D eigenvalue weighted by atomic mass is 19.1. The molecule has 0 aliphatic carbocycles. The summed E-state index contributed by atoms with van der Waals surface area (Å²) >= 11 is 0. The number of ether oxygens (including phenoxy) is 1. The predicted molar refractivity (Wildman–Crippen MR) is 189 cm³/mol. The van der Waals surface area contributed by atoms with Gasteiger partial charge in [0.05, 0.1) is 34.0 Å². The molecule has 3 aliphatic heterocycles. The smallest absolute Gasteiger partial charge is 0.319 e.